The number of nitrogen functional groups attached to an aromatic ring is 1. The zero-order valence-electron chi connectivity index (χ0n) is 10.5. The summed E-state index contributed by atoms with van der Waals surface area (Å²) in [5.41, 5.74) is 5.77. The zero-order chi connectivity index (χ0) is 13.1. The first-order chi connectivity index (χ1) is 8.62. The summed E-state index contributed by atoms with van der Waals surface area (Å²) < 4.78 is 5.60. The van der Waals surface area contributed by atoms with Gasteiger partial charge in [0.15, 0.2) is 5.16 Å². The first-order valence-electron chi connectivity index (χ1n) is 5.82. The molecule has 2 heterocycles. The van der Waals surface area contributed by atoms with E-state index in [0.717, 1.165) is 12.4 Å². The van der Waals surface area contributed by atoms with E-state index in [1.165, 1.54) is 11.8 Å². The SMILES string of the molecule is CSc1nc(N)cc(N2CC(C)OC(CO)C2)n1. The maximum atomic E-state index is 9.22. The topological polar surface area (TPSA) is 84.5 Å². The van der Waals surface area contributed by atoms with Crippen molar-refractivity contribution in [1.82, 2.24) is 9.97 Å². The van der Waals surface area contributed by atoms with Gasteiger partial charge in [-0.3, -0.25) is 0 Å². The van der Waals surface area contributed by atoms with Crippen LogP contribution in [0.15, 0.2) is 11.2 Å². The van der Waals surface area contributed by atoms with E-state index in [4.69, 9.17) is 10.5 Å². The lowest BCUT2D eigenvalue weighted by Gasteiger charge is -2.36. The van der Waals surface area contributed by atoms with E-state index in [1.807, 2.05) is 13.2 Å². The fourth-order valence-electron chi connectivity index (χ4n) is 2.02. The Bertz CT molecular complexity index is 418. The molecule has 1 saturated heterocycles. The molecule has 0 aliphatic carbocycles. The summed E-state index contributed by atoms with van der Waals surface area (Å²) in [5, 5.41) is 9.87. The molecule has 2 atom stereocenters. The number of ether oxygens (including phenoxy) is 1. The summed E-state index contributed by atoms with van der Waals surface area (Å²) in [7, 11) is 0. The molecule has 6 nitrogen and oxygen atoms in total. The third-order valence-electron chi connectivity index (χ3n) is 2.75. The molecule has 18 heavy (non-hydrogen) atoms. The Balaban J connectivity index is 2.21. The molecule has 0 radical (unpaired) electrons. The fraction of sp³-hybridized carbons (Fsp3) is 0.636. The predicted molar refractivity (Wildman–Crippen MR) is 71.9 cm³/mol. The van der Waals surface area contributed by atoms with Crippen LogP contribution in [0, 0.1) is 0 Å². The Hall–Kier alpha value is -1.05. The van der Waals surface area contributed by atoms with E-state index in [2.05, 4.69) is 14.9 Å². The Labute approximate surface area is 111 Å². The molecule has 1 aromatic heterocycles. The molecule has 1 aliphatic rings. The molecule has 2 unspecified atom stereocenters. The van der Waals surface area contributed by atoms with Crippen molar-refractivity contribution in [3.63, 3.8) is 0 Å². The van der Waals surface area contributed by atoms with Crippen molar-refractivity contribution in [1.29, 1.82) is 0 Å². The van der Waals surface area contributed by atoms with Crippen LogP contribution in [0.4, 0.5) is 11.6 Å². The minimum atomic E-state index is -0.178. The Kier molecular flexibility index (Phi) is 4.26. The van der Waals surface area contributed by atoms with E-state index in [-0.39, 0.29) is 18.8 Å². The highest BCUT2D eigenvalue weighted by Crippen LogP contribution is 2.22. The van der Waals surface area contributed by atoms with Gasteiger partial charge in [0.25, 0.3) is 0 Å². The van der Waals surface area contributed by atoms with Crippen molar-refractivity contribution in [2.24, 2.45) is 0 Å². The van der Waals surface area contributed by atoms with Gasteiger partial charge in [-0.05, 0) is 13.2 Å². The second-order valence-corrected chi connectivity index (χ2v) is 5.07. The van der Waals surface area contributed by atoms with Crippen LogP contribution in [0.25, 0.3) is 0 Å². The largest absolute Gasteiger partial charge is 0.394 e. The summed E-state index contributed by atoms with van der Waals surface area (Å²) >= 11 is 1.46. The molecule has 1 aromatic rings. The maximum Gasteiger partial charge on any atom is 0.191 e. The standard InChI is InChI=1S/C11H18N4O2S/c1-7-4-15(5-8(6-16)17-7)10-3-9(12)13-11(14-10)18-2/h3,7-8,16H,4-6H2,1-2H3,(H2,12,13,14). The van der Waals surface area contributed by atoms with Gasteiger partial charge < -0.3 is 20.5 Å². The third-order valence-corrected chi connectivity index (χ3v) is 3.30. The van der Waals surface area contributed by atoms with E-state index in [0.29, 0.717) is 17.5 Å². The lowest BCUT2D eigenvalue weighted by molar-refractivity contribution is -0.0423. The average molecular weight is 270 g/mol. The maximum absolute atomic E-state index is 9.22. The van der Waals surface area contributed by atoms with Crippen LogP contribution >= 0.6 is 11.8 Å². The Morgan fingerprint density at radius 2 is 2.33 bits per heavy atom. The molecule has 2 rings (SSSR count). The molecule has 0 bridgehead atoms. The van der Waals surface area contributed by atoms with Crippen LogP contribution in [-0.4, -0.2) is 53.2 Å². The van der Waals surface area contributed by atoms with Gasteiger partial charge in [-0.25, -0.2) is 9.97 Å². The van der Waals surface area contributed by atoms with Crippen molar-refractivity contribution in [3.8, 4) is 0 Å². The highest BCUT2D eigenvalue weighted by atomic mass is 32.2. The number of thioether (sulfide) groups is 1. The highest BCUT2D eigenvalue weighted by molar-refractivity contribution is 7.98. The van der Waals surface area contributed by atoms with Gasteiger partial charge in [-0.1, -0.05) is 11.8 Å². The molecule has 1 aliphatic heterocycles. The minimum Gasteiger partial charge on any atom is -0.394 e. The molecule has 0 spiro atoms. The van der Waals surface area contributed by atoms with Gasteiger partial charge in [0, 0.05) is 19.2 Å². The molecular weight excluding hydrogens is 252 g/mol. The van der Waals surface area contributed by atoms with E-state index < -0.39 is 0 Å². The van der Waals surface area contributed by atoms with Crippen LogP contribution < -0.4 is 10.6 Å². The summed E-state index contributed by atoms with van der Waals surface area (Å²) in [6, 6.07) is 1.76. The third kappa shape index (κ3) is 3.04. The number of aromatic nitrogens is 2. The van der Waals surface area contributed by atoms with Crippen molar-refractivity contribution >= 4 is 23.4 Å². The van der Waals surface area contributed by atoms with Crippen molar-refractivity contribution in [3.05, 3.63) is 6.07 Å². The number of rotatable bonds is 3. The summed E-state index contributed by atoms with van der Waals surface area (Å²) in [5.74, 6) is 1.25. The van der Waals surface area contributed by atoms with Crippen LogP contribution in [-0.2, 0) is 4.74 Å². The smallest absolute Gasteiger partial charge is 0.191 e. The molecule has 7 heteroatoms. The molecule has 0 aromatic carbocycles. The zero-order valence-corrected chi connectivity index (χ0v) is 11.4. The van der Waals surface area contributed by atoms with Crippen LogP contribution in [0.2, 0.25) is 0 Å². The number of anilines is 2. The summed E-state index contributed by atoms with van der Waals surface area (Å²) in [6.45, 7) is 3.34. The molecule has 3 N–H and O–H groups in total. The molecular formula is C11H18N4O2S. The number of aliphatic hydroxyl groups is 1. The van der Waals surface area contributed by atoms with Crippen LogP contribution in [0.1, 0.15) is 6.92 Å². The van der Waals surface area contributed by atoms with E-state index in [1.54, 1.807) is 6.07 Å². The van der Waals surface area contributed by atoms with Gasteiger partial charge in [0.2, 0.25) is 0 Å². The number of morpholine rings is 1. The number of nitrogens with zero attached hydrogens (tertiary/aromatic N) is 3. The second kappa shape index (κ2) is 5.73. The number of nitrogens with two attached hydrogens (primary N) is 1. The van der Waals surface area contributed by atoms with Crippen molar-refractivity contribution in [2.45, 2.75) is 24.3 Å². The highest BCUT2D eigenvalue weighted by Gasteiger charge is 2.26. The second-order valence-electron chi connectivity index (χ2n) is 4.29. The molecule has 100 valence electrons. The molecule has 0 saturated carbocycles. The lowest BCUT2D eigenvalue weighted by atomic mass is 10.2. The lowest BCUT2D eigenvalue weighted by Crippen LogP contribution is -2.48. The van der Waals surface area contributed by atoms with Gasteiger partial charge in [0.05, 0.1) is 18.8 Å². The van der Waals surface area contributed by atoms with Crippen LogP contribution in [0.5, 0.6) is 0 Å². The Morgan fingerprint density at radius 1 is 1.56 bits per heavy atom. The number of hydrogen-bond acceptors (Lipinski definition) is 7. The predicted octanol–water partition coefficient (Wildman–Crippen LogP) is 0.367. The van der Waals surface area contributed by atoms with Gasteiger partial charge >= 0.3 is 0 Å². The van der Waals surface area contributed by atoms with Gasteiger partial charge in [0.1, 0.15) is 11.6 Å². The monoisotopic (exact) mass is 270 g/mol. The van der Waals surface area contributed by atoms with Gasteiger partial charge in [-0.15, -0.1) is 0 Å². The summed E-state index contributed by atoms with van der Waals surface area (Å²) in [4.78, 5) is 10.6. The van der Waals surface area contributed by atoms with Crippen LogP contribution in [0.3, 0.4) is 0 Å². The summed E-state index contributed by atoms with van der Waals surface area (Å²) in [6.07, 6.45) is 1.80. The quantitative estimate of drug-likeness (QED) is 0.606. The normalized spacial score (nSPS) is 24.3. The number of hydrogen-bond donors (Lipinski definition) is 2. The van der Waals surface area contributed by atoms with E-state index >= 15 is 0 Å². The first-order valence-corrected chi connectivity index (χ1v) is 7.04. The van der Waals surface area contributed by atoms with E-state index in [9.17, 15) is 5.11 Å². The van der Waals surface area contributed by atoms with Gasteiger partial charge in [-0.2, -0.15) is 0 Å². The van der Waals surface area contributed by atoms with Crippen molar-refractivity contribution < 1.29 is 9.84 Å². The average Bonchev–Trinajstić information content (AvgIpc) is 2.37. The molecule has 1 fully saturated rings. The number of aliphatic hydroxyl groups excluding tert-OH is 1. The Morgan fingerprint density at radius 3 is 3.00 bits per heavy atom. The molecule has 0 amide bonds. The first kappa shape index (κ1) is 13.4. The van der Waals surface area contributed by atoms with Crippen molar-refractivity contribution in [2.75, 3.05) is 36.6 Å². The fourth-order valence-corrected chi connectivity index (χ4v) is 2.40. The minimum absolute atomic E-state index is 0.0107.